The molecule has 0 aliphatic heterocycles. The second-order valence-corrected chi connectivity index (χ2v) is 2.82. The third-order valence-corrected chi connectivity index (χ3v) is 2.09. The third kappa shape index (κ3) is 0.629. The fraction of sp³-hybridized carbons (Fsp3) is 0.750. The van der Waals surface area contributed by atoms with Gasteiger partial charge in [0.15, 0.2) is 0 Å². The quantitative estimate of drug-likeness (QED) is 0.413. The number of hydrogen-bond acceptors (Lipinski definition) is 0. The second-order valence-electron chi connectivity index (χ2n) is 2.82. The zero-order chi connectivity index (χ0) is 5.40. The molecule has 0 spiro atoms. The Bertz CT molecular complexity index is 147. The summed E-state index contributed by atoms with van der Waals surface area (Å²) in [6.45, 7) is 0. The molecule has 0 radical (unpaired) electrons. The Morgan fingerprint density at radius 3 is 3.38 bits per heavy atom. The van der Waals surface area contributed by atoms with E-state index in [0.29, 0.717) is 0 Å². The van der Waals surface area contributed by atoms with Gasteiger partial charge in [0.2, 0.25) is 0 Å². The summed E-state index contributed by atoms with van der Waals surface area (Å²) in [5, 5.41) is 0. The van der Waals surface area contributed by atoms with Gasteiger partial charge >= 0.3 is 0 Å². The first-order valence-electron chi connectivity index (χ1n) is 3.45. The van der Waals surface area contributed by atoms with E-state index in [1.165, 1.54) is 19.3 Å². The molecule has 0 aromatic rings. The molecule has 0 heterocycles. The highest BCUT2D eigenvalue weighted by Crippen LogP contribution is 2.42. The van der Waals surface area contributed by atoms with E-state index < -0.39 is 0 Å². The van der Waals surface area contributed by atoms with Gasteiger partial charge in [-0.25, -0.2) is 0 Å². The van der Waals surface area contributed by atoms with Crippen LogP contribution in [0.15, 0.2) is 0 Å². The first-order chi connectivity index (χ1) is 3.97. The van der Waals surface area contributed by atoms with Gasteiger partial charge in [-0.1, -0.05) is 5.92 Å². The van der Waals surface area contributed by atoms with Gasteiger partial charge in [0.25, 0.3) is 0 Å². The molecular formula is C8H10. The molecule has 0 saturated heterocycles. The predicted molar refractivity (Wildman–Crippen MR) is 33.2 cm³/mol. The van der Waals surface area contributed by atoms with Gasteiger partial charge in [0, 0.05) is 12.3 Å². The Labute approximate surface area is 50.3 Å². The van der Waals surface area contributed by atoms with E-state index in [1.807, 2.05) is 0 Å². The molecule has 0 aromatic carbocycles. The van der Waals surface area contributed by atoms with Crippen molar-refractivity contribution in [3.05, 3.63) is 0 Å². The third-order valence-electron chi connectivity index (χ3n) is 2.09. The van der Waals surface area contributed by atoms with Crippen LogP contribution < -0.4 is 0 Å². The van der Waals surface area contributed by atoms with E-state index in [4.69, 9.17) is 0 Å². The lowest BCUT2D eigenvalue weighted by molar-refractivity contribution is 0.670. The van der Waals surface area contributed by atoms with Gasteiger partial charge < -0.3 is 0 Å². The van der Waals surface area contributed by atoms with Crippen LogP contribution in [-0.2, 0) is 0 Å². The highest BCUT2D eigenvalue weighted by Gasteiger charge is 2.35. The van der Waals surface area contributed by atoms with Crippen molar-refractivity contribution in [2.75, 3.05) is 0 Å². The van der Waals surface area contributed by atoms with E-state index in [0.717, 1.165) is 18.3 Å². The monoisotopic (exact) mass is 106 g/mol. The fourth-order valence-corrected chi connectivity index (χ4v) is 1.40. The number of rotatable bonds is 0. The molecule has 0 N–H and O–H groups in total. The molecule has 42 valence electrons. The predicted octanol–water partition coefficient (Wildman–Crippen LogP) is 1.81. The van der Waals surface area contributed by atoms with Crippen molar-refractivity contribution in [2.24, 2.45) is 11.8 Å². The average Bonchev–Trinajstić information content (AvgIpc) is 2.36. The van der Waals surface area contributed by atoms with Crippen molar-refractivity contribution in [2.45, 2.75) is 25.7 Å². The first kappa shape index (κ1) is 4.44. The number of fused-ring (bicyclic) bond motifs is 1. The van der Waals surface area contributed by atoms with E-state index in [-0.39, 0.29) is 0 Å². The van der Waals surface area contributed by atoms with Crippen LogP contribution in [0.1, 0.15) is 25.7 Å². The summed E-state index contributed by atoms with van der Waals surface area (Å²) >= 11 is 0. The van der Waals surface area contributed by atoms with E-state index in [9.17, 15) is 0 Å². The van der Waals surface area contributed by atoms with Crippen molar-refractivity contribution >= 4 is 0 Å². The Kier molecular flexibility index (Phi) is 0.842. The Balaban J connectivity index is 2.08. The van der Waals surface area contributed by atoms with Gasteiger partial charge in [-0.15, -0.1) is 5.92 Å². The molecule has 0 unspecified atom stereocenters. The molecule has 8 heavy (non-hydrogen) atoms. The summed E-state index contributed by atoms with van der Waals surface area (Å²) in [5.74, 6) is 8.31. The zero-order valence-electron chi connectivity index (χ0n) is 4.98. The van der Waals surface area contributed by atoms with Crippen LogP contribution in [-0.4, -0.2) is 0 Å². The lowest BCUT2D eigenvalue weighted by Gasteiger charge is -1.87. The van der Waals surface area contributed by atoms with Crippen LogP contribution in [0.5, 0.6) is 0 Å². The van der Waals surface area contributed by atoms with Crippen LogP contribution in [0, 0.1) is 23.7 Å². The molecule has 1 saturated carbocycles. The van der Waals surface area contributed by atoms with Crippen molar-refractivity contribution < 1.29 is 0 Å². The lowest BCUT2D eigenvalue weighted by Crippen LogP contribution is -1.75. The topological polar surface area (TPSA) is 0 Å². The largest absolute Gasteiger partial charge is 0.103 e. The summed E-state index contributed by atoms with van der Waals surface area (Å²) in [5.41, 5.74) is 0. The Morgan fingerprint density at radius 1 is 1.38 bits per heavy atom. The molecule has 0 bridgehead atoms. The molecule has 0 nitrogen and oxygen atoms in total. The number of hydrogen-bond donors (Lipinski definition) is 0. The summed E-state index contributed by atoms with van der Waals surface area (Å²) in [4.78, 5) is 0. The minimum atomic E-state index is 0.831. The van der Waals surface area contributed by atoms with E-state index >= 15 is 0 Å². The summed E-state index contributed by atoms with van der Waals surface area (Å²) in [6, 6.07) is 0. The van der Waals surface area contributed by atoms with Gasteiger partial charge in [0.1, 0.15) is 0 Å². The van der Waals surface area contributed by atoms with Gasteiger partial charge in [-0.3, -0.25) is 0 Å². The van der Waals surface area contributed by atoms with Crippen LogP contribution in [0.4, 0.5) is 0 Å². The molecule has 2 rings (SSSR count). The smallest absolute Gasteiger partial charge is 0.0234 e. The molecule has 2 aliphatic carbocycles. The molecule has 2 atom stereocenters. The molecule has 2 aliphatic rings. The Hall–Kier alpha value is -0.440. The van der Waals surface area contributed by atoms with Crippen molar-refractivity contribution in [1.82, 2.24) is 0 Å². The van der Waals surface area contributed by atoms with Crippen LogP contribution >= 0.6 is 0 Å². The standard InChI is InChI=1S/C8H10/c1-2-4-7-6-8(7)5-3-1/h7-8H,1-2,4,6H2/t7-,8+/m1/s1. The highest BCUT2D eigenvalue weighted by molar-refractivity contribution is 5.14. The average molecular weight is 106 g/mol. The molecule has 0 amide bonds. The zero-order valence-corrected chi connectivity index (χ0v) is 4.98. The second kappa shape index (κ2) is 1.52. The van der Waals surface area contributed by atoms with E-state index in [2.05, 4.69) is 11.8 Å². The van der Waals surface area contributed by atoms with Crippen molar-refractivity contribution in [3.8, 4) is 11.8 Å². The van der Waals surface area contributed by atoms with Crippen LogP contribution in [0.2, 0.25) is 0 Å². The first-order valence-corrected chi connectivity index (χ1v) is 3.45. The highest BCUT2D eigenvalue weighted by atomic mass is 14.4. The summed E-state index contributed by atoms with van der Waals surface area (Å²) in [6.07, 6.45) is 5.36. The van der Waals surface area contributed by atoms with Gasteiger partial charge in [0.05, 0.1) is 0 Å². The van der Waals surface area contributed by atoms with Gasteiger partial charge in [-0.2, -0.15) is 0 Å². The minimum Gasteiger partial charge on any atom is -0.103 e. The molecular weight excluding hydrogens is 96.1 g/mol. The maximum atomic E-state index is 3.27. The van der Waals surface area contributed by atoms with Gasteiger partial charge in [-0.05, 0) is 25.2 Å². The van der Waals surface area contributed by atoms with Crippen molar-refractivity contribution in [3.63, 3.8) is 0 Å². The minimum absolute atomic E-state index is 0.831. The lowest BCUT2D eigenvalue weighted by atomic mass is 10.2. The molecule has 0 heteroatoms. The Morgan fingerprint density at radius 2 is 2.38 bits per heavy atom. The SMILES string of the molecule is C1#C[C@H]2C[C@H]2CCC1. The maximum Gasteiger partial charge on any atom is 0.0234 e. The molecule has 0 aromatic heterocycles. The summed E-state index contributed by atoms with van der Waals surface area (Å²) in [7, 11) is 0. The van der Waals surface area contributed by atoms with E-state index in [1.54, 1.807) is 0 Å². The summed E-state index contributed by atoms with van der Waals surface area (Å²) < 4.78 is 0. The van der Waals surface area contributed by atoms with Crippen LogP contribution in [0.25, 0.3) is 0 Å². The van der Waals surface area contributed by atoms with Crippen LogP contribution in [0.3, 0.4) is 0 Å². The van der Waals surface area contributed by atoms with Crippen molar-refractivity contribution in [1.29, 1.82) is 0 Å². The molecule has 1 fully saturated rings. The maximum absolute atomic E-state index is 3.27. The normalized spacial score (nSPS) is 41.0. The fourth-order valence-electron chi connectivity index (χ4n) is 1.40.